The number of fused-ring (bicyclic) bond motifs is 1. The van der Waals surface area contributed by atoms with E-state index in [-0.39, 0.29) is 21.7 Å². The van der Waals surface area contributed by atoms with Crippen molar-refractivity contribution in [1.29, 1.82) is 5.26 Å². The molecule has 1 atom stereocenters. The molecule has 1 aliphatic carbocycles. The maximum atomic E-state index is 12.7. The fraction of sp³-hybridized carbons (Fsp3) is 0.429. The Morgan fingerprint density at radius 2 is 2.21 bits per heavy atom. The molecule has 8 heteroatoms. The highest BCUT2D eigenvalue weighted by atomic mass is 35.5. The smallest absolute Gasteiger partial charge is 0.283 e. The Bertz CT molecular complexity index is 1020. The molecule has 0 spiro atoms. The van der Waals surface area contributed by atoms with Crippen LogP contribution in [0.25, 0.3) is 0 Å². The number of rotatable bonds is 5. The predicted octanol–water partition coefficient (Wildman–Crippen LogP) is 5.97. The minimum Gasteiger partial charge on any atom is -0.312 e. The number of carbonyl (C=O) groups is 1. The van der Waals surface area contributed by atoms with Gasteiger partial charge in [-0.3, -0.25) is 14.9 Å². The molecule has 0 aliphatic heterocycles. The Kier molecular flexibility index (Phi) is 5.97. The van der Waals surface area contributed by atoms with E-state index in [1.807, 2.05) is 0 Å². The van der Waals surface area contributed by atoms with Crippen LogP contribution in [0.5, 0.6) is 0 Å². The van der Waals surface area contributed by atoms with Crippen LogP contribution in [0.3, 0.4) is 0 Å². The molecule has 0 fully saturated rings. The Hall–Kier alpha value is -2.43. The summed E-state index contributed by atoms with van der Waals surface area (Å²) in [5.74, 6) is -0.0972. The van der Waals surface area contributed by atoms with E-state index in [2.05, 4.69) is 32.2 Å². The van der Waals surface area contributed by atoms with E-state index < -0.39 is 10.8 Å². The number of amides is 1. The number of nitro benzene ring substituents is 1. The summed E-state index contributed by atoms with van der Waals surface area (Å²) in [6.07, 6.45) is 3.77. The Morgan fingerprint density at radius 3 is 2.83 bits per heavy atom. The monoisotopic (exact) mass is 431 g/mol. The maximum Gasteiger partial charge on any atom is 0.283 e. The normalized spacial score (nSPS) is 16.0. The molecule has 0 saturated carbocycles. The van der Waals surface area contributed by atoms with Gasteiger partial charge in [-0.2, -0.15) is 5.26 Å². The average molecular weight is 432 g/mol. The molecule has 1 heterocycles. The van der Waals surface area contributed by atoms with E-state index in [1.165, 1.54) is 23.5 Å². The molecule has 6 nitrogen and oxygen atoms in total. The van der Waals surface area contributed by atoms with Crippen LogP contribution in [0.2, 0.25) is 5.02 Å². The minimum atomic E-state index is -0.636. The summed E-state index contributed by atoms with van der Waals surface area (Å²) < 4.78 is 0. The summed E-state index contributed by atoms with van der Waals surface area (Å²) in [7, 11) is 0. The summed E-state index contributed by atoms with van der Waals surface area (Å²) in [4.78, 5) is 24.5. The minimum absolute atomic E-state index is 0.0837. The zero-order valence-electron chi connectivity index (χ0n) is 16.5. The molecule has 0 bridgehead atoms. The standard InChI is InChI=1S/C21H22ClN3O3S/c1-4-21(2,3)12-5-7-14-16(11-23)20(29-18(14)9-12)24-19(26)15-8-6-13(22)10-17(15)25(27)28/h6,8,10,12H,4-5,7,9H2,1-3H3,(H,24,26). The lowest BCUT2D eigenvalue weighted by atomic mass is 9.69. The van der Waals surface area contributed by atoms with Crippen molar-refractivity contribution in [1.82, 2.24) is 0 Å². The zero-order chi connectivity index (χ0) is 21.3. The third kappa shape index (κ3) is 4.14. The van der Waals surface area contributed by atoms with E-state index in [4.69, 9.17) is 11.6 Å². The number of benzene rings is 1. The highest BCUT2D eigenvalue weighted by Gasteiger charge is 2.34. The van der Waals surface area contributed by atoms with Gasteiger partial charge < -0.3 is 5.32 Å². The van der Waals surface area contributed by atoms with Gasteiger partial charge in [0.25, 0.3) is 11.6 Å². The van der Waals surface area contributed by atoms with Gasteiger partial charge in [0.15, 0.2) is 0 Å². The topological polar surface area (TPSA) is 96.0 Å². The lowest BCUT2D eigenvalue weighted by Gasteiger charge is -2.36. The zero-order valence-corrected chi connectivity index (χ0v) is 18.1. The van der Waals surface area contributed by atoms with Crippen molar-refractivity contribution in [3.8, 4) is 6.07 Å². The van der Waals surface area contributed by atoms with Crippen molar-refractivity contribution in [3.05, 3.63) is 54.9 Å². The predicted molar refractivity (Wildman–Crippen MR) is 115 cm³/mol. The molecule has 0 radical (unpaired) electrons. The molecule has 29 heavy (non-hydrogen) atoms. The number of hydrogen-bond acceptors (Lipinski definition) is 5. The molecule has 1 N–H and O–H groups in total. The molecule has 1 aromatic carbocycles. The fourth-order valence-electron chi connectivity index (χ4n) is 3.77. The largest absolute Gasteiger partial charge is 0.312 e. The number of halogens is 1. The molecule has 0 saturated heterocycles. The van der Waals surface area contributed by atoms with Crippen molar-refractivity contribution < 1.29 is 9.72 Å². The van der Waals surface area contributed by atoms with Crippen molar-refractivity contribution in [3.63, 3.8) is 0 Å². The SMILES string of the molecule is CCC(C)(C)C1CCc2c(sc(NC(=O)c3ccc(Cl)cc3[N+](=O)[O-])c2C#N)C1. The van der Waals surface area contributed by atoms with Crippen LogP contribution >= 0.6 is 22.9 Å². The van der Waals surface area contributed by atoms with E-state index >= 15 is 0 Å². The van der Waals surface area contributed by atoms with Gasteiger partial charge in [-0.05, 0) is 48.3 Å². The van der Waals surface area contributed by atoms with E-state index in [1.54, 1.807) is 0 Å². The first-order chi connectivity index (χ1) is 13.7. The molecule has 1 unspecified atom stereocenters. The second-order valence-electron chi connectivity index (χ2n) is 7.97. The Morgan fingerprint density at radius 1 is 1.48 bits per heavy atom. The molecule has 152 valence electrons. The fourth-order valence-corrected chi connectivity index (χ4v) is 5.21. The Labute approximate surface area is 178 Å². The summed E-state index contributed by atoms with van der Waals surface area (Å²) in [5, 5.41) is 24.3. The highest BCUT2D eigenvalue weighted by molar-refractivity contribution is 7.16. The van der Waals surface area contributed by atoms with Gasteiger partial charge in [-0.1, -0.05) is 38.8 Å². The van der Waals surface area contributed by atoms with Crippen LogP contribution in [-0.4, -0.2) is 10.8 Å². The number of anilines is 1. The first-order valence-corrected chi connectivity index (χ1v) is 10.7. The number of hydrogen-bond donors (Lipinski definition) is 1. The maximum absolute atomic E-state index is 12.7. The number of nitrogens with one attached hydrogen (secondary N) is 1. The van der Waals surface area contributed by atoms with Crippen LogP contribution in [0.4, 0.5) is 10.7 Å². The molecule has 1 aliphatic rings. The van der Waals surface area contributed by atoms with Crippen molar-refractivity contribution in [2.24, 2.45) is 11.3 Å². The number of thiophene rings is 1. The van der Waals surface area contributed by atoms with Gasteiger partial charge in [0.2, 0.25) is 0 Å². The molecular weight excluding hydrogens is 410 g/mol. The van der Waals surface area contributed by atoms with Crippen LogP contribution in [0.15, 0.2) is 18.2 Å². The molecule has 1 aromatic heterocycles. The van der Waals surface area contributed by atoms with Crippen LogP contribution in [-0.2, 0) is 12.8 Å². The second-order valence-corrected chi connectivity index (χ2v) is 9.52. The summed E-state index contributed by atoms with van der Waals surface area (Å²) in [6, 6.07) is 6.13. The average Bonchev–Trinajstić information content (AvgIpc) is 3.03. The highest BCUT2D eigenvalue weighted by Crippen LogP contribution is 2.45. The third-order valence-corrected chi connectivity index (χ3v) is 7.43. The van der Waals surface area contributed by atoms with E-state index in [0.29, 0.717) is 16.5 Å². The number of carbonyl (C=O) groups excluding carboxylic acids is 1. The molecule has 2 aromatic rings. The number of nitrogens with zero attached hydrogens (tertiary/aromatic N) is 2. The summed E-state index contributed by atoms with van der Waals surface area (Å²) >= 11 is 7.23. The number of nitriles is 1. The molecule has 3 rings (SSSR count). The van der Waals surface area contributed by atoms with Gasteiger partial charge in [0.1, 0.15) is 16.6 Å². The van der Waals surface area contributed by atoms with Gasteiger partial charge in [0, 0.05) is 16.0 Å². The molecular formula is C21H22ClN3O3S. The van der Waals surface area contributed by atoms with Crippen molar-refractivity contribution in [2.45, 2.75) is 46.5 Å². The van der Waals surface area contributed by atoms with E-state index in [0.717, 1.165) is 42.2 Å². The lowest BCUT2D eigenvalue weighted by Crippen LogP contribution is -2.28. The quantitative estimate of drug-likeness (QED) is 0.465. The summed E-state index contributed by atoms with van der Waals surface area (Å²) in [5.41, 5.74) is 1.24. The van der Waals surface area contributed by atoms with Crippen LogP contribution in [0.1, 0.15) is 60.0 Å². The van der Waals surface area contributed by atoms with Gasteiger partial charge in [0.05, 0.1) is 10.5 Å². The summed E-state index contributed by atoms with van der Waals surface area (Å²) in [6.45, 7) is 6.73. The van der Waals surface area contributed by atoms with E-state index in [9.17, 15) is 20.2 Å². The first kappa shape index (κ1) is 21.3. The third-order valence-electron chi connectivity index (χ3n) is 6.02. The van der Waals surface area contributed by atoms with Gasteiger partial charge in [-0.15, -0.1) is 11.3 Å². The Balaban J connectivity index is 1.91. The van der Waals surface area contributed by atoms with Crippen LogP contribution < -0.4 is 5.32 Å². The number of nitro groups is 1. The van der Waals surface area contributed by atoms with Crippen molar-refractivity contribution in [2.75, 3.05) is 5.32 Å². The lowest BCUT2D eigenvalue weighted by molar-refractivity contribution is -0.385. The van der Waals surface area contributed by atoms with Gasteiger partial charge in [-0.25, -0.2) is 0 Å². The van der Waals surface area contributed by atoms with Gasteiger partial charge >= 0.3 is 0 Å². The van der Waals surface area contributed by atoms with Crippen molar-refractivity contribution >= 4 is 39.5 Å². The first-order valence-electron chi connectivity index (χ1n) is 9.47. The second kappa shape index (κ2) is 8.13. The van der Waals surface area contributed by atoms with Crippen LogP contribution in [0, 0.1) is 32.8 Å². The molecule has 1 amide bonds.